The van der Waals surface area contributed by atoms with Crippen molar-refractivity contribution in [2.75, 3.05) is 21.3 Å². The summed E-state index contributed by atoms with van der Waals surface area (Å²) in [5.41, 5.74) is 4.18. The molecule has 2 aromatic carbocycles. The molecule has 0 aliphatic rings. The minimum Gasteiger partial charge on any atom is -0.493 e. The summed E-state index contributed by atoms with van der Waals surface area (Å²) in [6.07, 6.45) is 1.72. The second kappa shape index (κ2) is 11.3. The van der Waals surface area contributed by atoms with E-state index in [0.717, 1.165) is 28.8 Å². The number of halogens is 1. The Morgan fingerprint density at radius 1 is 0.971 bits per heavy atom. The monoisotopic (exact) mass is 483 g/mol. The Labute approximate surface area is 205 Å². The van der Waals surface area contributed by atoms with Crippen molar-refractivity contribution in [2.45, 2.75) is 33.1 Å². The van der Waals surface area contributed by atoms with Crippen LogP contribution in [-0.4, -0.2) is 37.4 Å². The maximum Gasteiger partial charge on any atom is 0.337 e. The van der Waals surface area contributed by atoms with Crippen LogP contribution in [0.2, 0.25) is 5.02 Å². The number of ether oxygens (including phenoxy) is 3. The van der Waals surface area contributed by atoms with Crippen LogP contribution in [0.1, 0.15) is 41.2 Å². The fraction of sp³-hybridized carbons (Fsp3) is 0.333. The van der Waals surface area contributed by atoms with E-state index in [1.165, 1.54) is 0 Å². The van der Waals surface area contributed by atoms with Crippen molar-refractivity contribution in [1.29, 1.82) is 0 Å². The lowest BCUT2D eigenvalue weighted by molar-refractivity contribution is 0.0695. The van der Waals surface area contributed by atoms with Gasteiger partial charge in [-0.2, -0.15) is 0 Å². The Morgan fingerprint density at radius 3 is 2.18 bits per heavy atom. The highest BCUT2D eigenvalue weighted by atomic mass is 35.5. The third-order valence-corrected chi connectivity index (χ3v) is 5.76. The molecule has 0 unspecified atom stereocenters. The summed E-state index contributed by atoms with van der Waals surface area (Å²) in [6, 6.07) is 12.9. The lowest BCUT2D eigenvalue weighted by Gasteiger charge is -2.17. The van der Waals surface area contributed by atoms with E-state index in [9.17, 15) is 9.90 Å². The summed E-state index contributed by atoms with van der Waals surface area (Å²) < 4.78 is 16.3. The lowest BCUT2D eigenvalue weighted by atomic mass is 9.94. The third kappa shape index (κ3) is 5.81. The zero-order valence-electron chi connectivity index (χ0n) is 20.1. The standard InChI is InChI=1S/C27H30ClNO5/c1-16(2)11-23-20(18-7-6-8-19(28)14-18)15-21(27(30)31)22(29-23)10-9-17-12-24(32-3)26(34-5)25(13-17)33-4/h6-8,12-16H,9-11H2,1-5H3,(H,30,31). The van der Waals surface area contributed by atoms with E-state index >= 15 is 0 Å². The number of methoxy groups -OCH3 is 3. The minimum atomic E-state index is -1.01. The van der Waals surface area contributed by atoms with Gasteiger partial charge in [-0.25, -0.2) is 4.79 Å². The van der Waals surface area contributed by atoms with Crippen molar-refractivity contribution < 1.29 is 24.1 Å². The molecule has 0 fully saturated rings. The van der Waals surface area contributed by atoms with Crippen LogP contribution in [0.15, 0.2) is 42.5 Å². The molecule has 1 aromatic heterocycles. The summed E-state index contributed by atoms with van der Waals surface area (Å²) in [5.74, 6) is 0.971. The number of carboxylic acid groups (broad SMARTS) is 1. The molecule has 0 aliphatic carbocycles. The molecule has 0 saturated carbocycles. The maximum atomic E-state index is 12.2. The molecule has 3 aromatic rings. The van der Waals surface area contributed by atoms with Crippen molar-refractivity contribution in [3.05, 3.63) is 70.0 Å². The van der Waals surface area contributed by atoms with E-state index in [1.54, 1.807) is 33.5 Å². The first-order valence-corrected chi connectivity index (χ1v) is 11.5. The number of pyridine rings is 1. The molecular formula is C27H30ClNO5. The molecular weight excluding hydrogens is 454 g/mol. The molecule has 0 radical (unpaired) electrons. The Morgan fingerprint density at radius 2 is 1.65 bits per heavy atom. The van der Waals surface area contributed by atoms with E-state index in [2.05, 4.69) is 13.8 Å². The van der Waals surface area contributed by atoms with Crippen LogP contribution >= 0.6 is 11.6 Å². The zero-order valence-corrected chi connectivity index (χ0v) is 20.9. The molecule has 0 spiro atoms. The van der Waals surface area contributed by atoms with Gasteiger partial charge in [-0.15, -0.1) is 0 Å². The normalized spacial score (nSPS) is 10.9. The predicted octanol–water partition coefficient (Wildman–Crippen LogP) is 6.11. The van der Waals surface area contributed by atoms with Gasteiger partial charge >= 0.3 is 5.97 Å². The van der Waals surface area contributed by atoms with Gasteiger partial charge in [0.2, 0.25) is 5.75 Å². The van der Waals surface area contributed by atoms with Gasteiger partial charge < -0.3 is 19.3 Å². The van der Waals surface area contributed by atoms with E-state index in [0.29, 0.717) is 46.7 Å². The summed E-state index contributed by atoms with van der Waals surface area (Å²) in [4.78, 5) is 17.0. The van der Waals surface area contributed by atoms with Crippen LogP contribution < -0.4 is 14.2 Å². The molecule has 0 aliphatic heterocycles. The highest BCUT2D eigenvalue weighted by Gasteiger charge is 2.20. The number of benzene rings is 2. The second-order valence-corrected chi connectivity index (χ2v) is 8.86. The van der Waals surface area contributed by atoms with Gasteiger partial charge in [0, 0.05) is 16.3 Å². The van der Waals surface area contributed by atoms with Crippen molar-refractivity contribution in [1.82, 2.24) is 4.98 Å². The van der Waals surface area contributed by atoms with Crippen LogP contribution in [0, 0.1) is 5.92 Å². The van der Waals surface area contributed by atoms with Gasteiger partial charge in [0.25, 0.3) is 0 Å². The molecule has 3 rings (SSSR count). The maximum absolute atomic E-state index is 12.2. The van der Waals surface area contributed by atoms with Crippen LogP contribution in [0.5, 0.6) is 17.2 Å². The average Bonchev–Trinajstić information content (AvgIpc) is 2.81. The molecule has 180 valence electrons. The van der Waals surface area contributed by atoms with Gasteiger partial charge in [0.1, 0.15) is 0 Å². The number of aryl methyl sites for hydroxylation is 2. The predicted molar refractivity (Wildman–Crippen MR) is 134 cm³/mol. The first kappa shape index (κ1) is 25.4. The minimum absolute atomic E-state index is 0.190. The molecule has 7 heteroatoms. The van der Waals surface area contributed by atoms with Crippen LogP contribution in [0.4, 0.5) is 0 Å². The first-order chi connectivity index (χ1) is 16.3. The smallest absolute Gasteiger partial charge is 0.337 e. The van der Waals surface area contributed by atoms with Crippen molar-refractivity contribution in [2.24, 2.45) is 5.92 Å². The van der Waals surface area contributed by atoms with Crippen molar-refractivity contribution >= 4 is 17.6 Å². The molecule has 6 nitrogen and oxygen atoms in total. The second-order valence-electron chi connectivity index (χ2n) is 8.42. The molecule has 1 N–H and O–H groups in total. The van der Waals surface area contributed by atoms with Gasteiger partial charge in [-0.1, -0.05) is 37.6 Å². The SMILES string of the molecule is COc1cc(CCc2nc(CC(C)C)c(-c3cccc(Cl)c3)cc2C(=O)O)cc(OC)c1OC. The number of carbonyl (C=O) groups is 1. The summed E-state index contributed by atoms with van der Waals surface area (Å²) >= 11 is 6.21. The summed E-state index contributed by atoms with van der Waals surface area (Å²) in [6.45, 7) is 4.23. The lowest BCUT2D eigenvalue weighted by Crippen LogP contribution is -2.11. The van der Waals surface area contributed by atoms with Gasteiger partial charge in [0.15, 0.2) is 11.5 Å². The fourth-order valence-electron chi connectivity index (χ4n) is 3.96. The van der Waals surface area contributed by atoms with Gasteiger partial charge in [-0.3, -0.25) is 4.98 Å². The number of aromatic nitrogens is 1. The number of hydrogen-bond acceptors (Lipinski definition) is 5. The van der Waals surface area contributed by atoms with E-state index in [4.69, 9.17) is 30.8 Å². The Bertz CT molecular complexity index is 1150. The molecule has 0 bridgehead atoms. The quantitative estimate of drug-likeness (QED) is 0.375. The average molecular weight is 484 g/mol. The number of carboxylic acids is 1. The number of nitrogens with zero attached hydrogens (tertiary/aromatic N) is 1. The molecule has 0 atom stereocenters. The first-order valence-electron chi connectivity index (χ1n) is 11.1. The molecule has 0 saturated heterocycles. The Hall–Kier alpha value is -3.25. The van der Waals surface area contributed by atoms with Crippen molar-refractivity contribution in [3.8, 4) is 28.4 Å². The largest absolute Gasteiger partial charge is 0.493 e. The van der Waals surface area contributed by atoms with Crippen LogP contribution in [0.3, 0.4) is 0 Å². The number of hydrogen-bond donors (Lipinski definition) is 1. The number of aromatic carboxylic acids is 1. The molecule has 1 heterocycles. The number of rotatable bonds is 10. The highest BCUT2D eigenvalue weighted by molar-refractivity contribution is 6.30. The van der Waals surface area contributed by atoms with E-state index in [1.807, 2.05) is 30.3 Å². The molecule has 34 heavy (non-hydrogen) atoms. The van der Waals surface area contributed by atoms with Crippen LogP contribution in [0.25, 0.3) is 11.1 Å². The highest BCUT2D eigenvalue weighted by Crippen LogP contribution is 2.38. The fourth-order valence-corrected chi connectivity index (χ4v) is 4.15. The van der Waals surface area contributed by atoms with E-state index in [-0.39, 0.29) is 5.56 Å². The van der Waals surface area contributed by atoms with Crippen LogP contribution in [-0.2, 0) is 19.3 Å². The van der Waals surface area contributed by atoms with Gasteiger partial charge in [0.05, 0.1) is 32.6 Å². The zero-order chi connectivity index (χ0) is 24.8. The Kier molecular flexibility index (Phi) is 8.40. The summed E-state index contributed by atoms with van der Waals surface area (Å²) in [5, 5.41) is 10.6. The van der Waals surface area contributed by atoms with Crippen molar-refractivity contribution in [3.63, 3.8) is 0 Å². The topological polar surface area (TPSA) is 77.9 Å². The molecule has 0 amide bonds. The summed E-state index contributed by atoms with van der Waals surface area (Å²) in [7, 11) is 4.69. The third-order valence-electron chi connectivity index (χ3n) is 5.52. The Balaban J connectivity index is 2.04. The van der Waals surface area contributed by atoms with Gasteiger partial charge in [-0.05, 0) is 66.6 Å². The van der Waals surface area contributed by atoms with E-state index < -0.39 is 5.97 Å².